The Bertz CT molecular complexity index is 758. The van der Waals surface area contributed by atoms with Gasteiger partial charge >= 0.3 is 5.97 Å². The minimum absolute atomic E-state index is 0.00606. The predicted molar refractivity (Wildman–Crippen MR) is 97.3 cm³/mol. The summed E-state index contributed by atoms with van der Waals surface area (Å²) in [6.45, 7) is 5.17. The second kappa shape index (κ2) is 5.90. The molecule has 0 N–H and O–H groups in total. The first-order valence-corrected chi connectivity index (χ1v) is 9.95. The third-order valence-corrected chi connectivity index (χ3v) is 7.74. The summed E-state index contributed by atoms with van der Waals surface area (Å²) in [4.78, 5) is 36.2. The van der Waals surface area contributed by atoms with E-state index in [1.54, 1.807) is 6.92 Å². The molecule has 0 aliphatic heterocycles. The van der Waals surface area contributed by atoms with E-state index in [9.17, 15) is 14.4 Å². The topological polar surface area (TPSA) is 60.4 Å². The van der Waals surface area contributed by atoms with Gasteiger partial charge in [0.2, 0.25) is 0 Å². The highest BCUT2D eigenvalue weighted by molar-refractivity contribution is 5.93. The lowest BCUT2D eigenvalue weighted by atomic mass is 9.54. The van der Waals surface area contributed by atoms with Crippen LogP contribution in [-0.4, -0.2) is 23.1 Å². The Kier molecular flexibility index (Phi) is 4.01. The van der Waals surface area contributed by atoms with Gasteiger partial charge in [-0.15, -0.1) is 0 Å². The van der Waals surface area contributed by atoms with Crippen LogP contribution in [0.4, 0.5) is 0 Å². The van der Waals surface area contributed by atoms with E-state index in [-0.39, 0.29) is 23.0 Å². The van der Waals surface area contributed by atoms with Gasteiger partial charge < -0.3 is 4.74 Å². The zero-order valence-electron chi connectivity index (χ0n) is 16.0. The molecule has 4 nitrogen and oxygen atoms in total. The molecule has 0 unspecified atom stereocenters. The molecule has 2 fully saturated rings. The van der Waals surface area contributed by atoms with Crippen molar-refractivity contribution in [1.82, 2.24) is 0 Å². The van der Waals surface area contributed by atoms with Gasteiger partial charge in [-0.1, -0.05) is 12.5 Å². The second-order valence-electron chi connectivity index (χ2n) is 8.82. The molecular weight excluding hydrogens is 328 g/mol. The number of rotatable bonds is 2. The molecule has 0 amide bonds. The number of carbonyl (C=O) groups excluding carboxylic acids is 3. The summed E-state index contributed by atoms with van der Waals surface area (Å²) in [6, 6.07) is 0. The van der Waals surface area contributed by atoms with Crippen LogP contribution in [0.15, 0.2) is 22.8 Å². The first kappa shape index (κ1) is 17.7. The molecule has 4 aliphatic carbocycles. The van der Waals surface area contributed by atoms with Crippen molar-refractivity contribution in [2.75, 3.05) is 0 Å². The van der Waals surface area contributed by atoms with Gasteiger partial charge in [0.15, 0.2) is 17.2 Å². The lowest BCUT2D eigenvalue weighted by Crippen LogP contribution is -2.55. The van der Waals surface area contributed by atoms with Crippen LogP contribution in [0.2, 0.25) is 0 Å². The number of hydrogen-bond donors (Lipinski definition) is 0. The number of allylic oxidation sites excluding steroid dienone is 4. The number of ether oxygens (including phenoxy) is 1. The highest BCUT2D eigenvalue weighted by Crippen LogP contribution is 2.64. The van der Waals surface area contributed by atoms with Crippen LogP contribution < -0.4 is 0 Å². The molecule has 0 aromatic carbocycles. The molecular formula is C22H28O4. The summed E-state index contributed by atoms with van der Waals surface area (Å²) >= 11 is 0. The van der Waals surface area contributed by atoms with Gasteiger partial charge in [0.1, 0.15) is 0 Å². The zero-order chi connectivity index (χ0) is 18.7. The van der Waals surface area contributed by atoms with Gasteiger partial charge in [-0.2, -0.15) is 0 Å². The van der Waals surface area contributed by atoms with E-state index in [0.717, 1.165) is 38.5 Å². The lowest BCUT2D eigenvalue weighted by Gasteiger charge is -2.52. The maximum absolute atomic E-state index is 12.7. The summed E-state index contributed by atoms with van der Waals surface area (Å²) in [5.41, 5.74) is 2.96. The molecule has 0 spiro atoms. The molecule has 0 heterocycles. The second-order valence-corrected chi connectivity index (χ2v) is 8.82. The number of ketones is 2. The van der Waals surface area contributed by atoms with E-state index in [4.69, 9.17) is 4.74 Å². The van der Waals surface area contributed by atoms with Crippen LogP contribution in [0.1, 0.15) is 72.1 Å². The molecule has 4 heteroatoms. The number of fused-ring (bicyclic) bond motifs is 4. The maximum atomic E-state index is 12.7. The maximum Gasteiger partial charge on any atom is 0.303 e. The SMILES string of the molecule is CC(=O)O[C@]1(C(C)=O)CC[C@H]2[C@@H]3CCC4=CC(=O)CCC4=C3CC[C@@]21C. The number of hydrogen-bond acceptors (Lipinski definition) is 4. The van der Waals surface area contributed by atoms with Crippen LogP contribution >= 0.6 is 0 Å². The van der Waals surface area contributed by atoms with Crippen molar-refractivity contribution in [3.05, 3.63) is 22.8 Å². The molecule has 0 radical (unpaired) electrons. The molecule has 0 aromatic heterocycles. The number of esters is 1. The van der Waals surface area contributed by atoms with Crippen molar-refractivity contribution in [1.29, 1.82) is 0 Å². The van der Waals surface area contributed by atoms with Crippen LogP contribution in [0.25, 0.3) is 0 Å². The van der Waals surface area contributed by atoms with Gasteiger partial charge in [0, 0.05) is 18.8 Å². The highest BCUT2D eigenvalue weighted by atomic mass is 16.6. The predicted octanol–water partition coefficient (Wildman–Crippen LogP) is 4.08. The molecule has 2 saturated carbocycles. The van der Waals surface area contributed by atoms with E-state index in [1.165, 1.54) is 23.6 Å². The first-order chi connectivity index (χ1) is 12.3. The van der Waals surface area contributed by atoms with Crippen LogP contribution in [-0.2, 0) is 19.1 Å². The van der Waals surface area contributed by atoms with Gasteiger partial charge in [-0.25, -0.2) is 0 Å². The zero-order valence-corrected chi connectivity index (χ0v) is 16.0. The molecule has 140 valence electrons. The summed E-state index contributed by atoms with van der Waals surface area (Å²) < 4.78 is 5.77. The van der Waals surface area contributed by atoms with Crippen molar-refractivity contribution in [2.24, 2.45) is 17.3 Å². The van der Waals surface area contributed by atoms with Crippen LogP contribution in [0.3, 0.4) is 0 Å². The molecule has 26 heavy (non-hydrogen) atoms. The van der Waals surface area contributed by atoms with Crippen LogP contribution in [0, 0.1) is 17.3 Å². The highest BCUT2D eigenvalue weighted by Gasteiger charge is 2.65. The summed E-state index contributed by atoms with van der Waals surface area (Å²) in [6.07, 6.45) is 8.78. The standard InChI is InChI=1S/C22H28O4/c1-13(23)22(26-14(2)24)11-9-20-19-6-4-15-12-16(25)5-7-17(15)18(19)8-10-21(20,22)3/h12,19-20H,4-11H2,1-3H3/t19-,20+,21+,22+/m1/s1. The molecule has 0 saturated heterocycles. The van der Waals surface area contributed by atoms with Gasteiger partial charge in [-0.3, -0.25) is 14.4 Å². The minimum Gasteiger partial charge on any atom is -0.451 e. The largest absolute Gasteiger partial charge is 0.451 e. The van der Waals surface area contributed by atoms with Crippen LogP contribution in [0.5, 0.6) is 0 Å². The molecule has 0 aromatic rings. The van der Waals surface area contributed by atoms with Crippen molar-refractivity contribution in [3.63, 3.8) is 0 Å². The van der Waals surface area contributed by atoms with E-state index in [2.05, 4.69) is 6.92 Å². The monoisotopic (exact) mass is 356 g/mol. The van der Waals surface area contributed by atoms with Gasteiger partial charge in [0.25, 0.3) is 0 Å². The average Bonchev–Trinajstić information content (AvgIpc) is 2.87. The Hall–Kier alpha value is -1.71. The Morgan fingerprint density at radius 2 is 1.85 bits per heavy atom. The lowest BCUT2D eigenvalue weighted by molar-refractivity contribution is -0.181. The van der Waals surface area contributed by atoms with Crippen molar-refractivity contribution < 1.29 is 19.1 Å². The Morgan fingerprint density at radius 3 is 2.54 bits per heavy atom. The van der Waals surface area contributed by atoms with E-state index >= 15 is 0 Å². The van der Waals surface area contributed by atoms with Crippen molar-refractivity contribution in [3.8, 4) is 0 Å². The average molecular weight is 356 g/mol. The smallest absolute Gasteiger partial charge is 0.303 e. The summed E-state index contributed by atoms with van der Waals surface area (Å²) in [5.74, 6) is 0.737. The van der Waals surface area contributed by atoms with E-state index < -0.39 is 5.60 Å². The van der Waals surface area contributed by atoms with E-state index in [0.29, 0.717) is 24.7 Å². The quantitative estimate of drug-likeness (QED) is 0.700. The molecule has 0 bridgehead atoms. The minimum atomic E-state index is -0.960. The molecule has 4 aliphatic rings. The van der Waals surface area contributed by atoms with Gasteiger partial charge in [0.05, 0.1) is 0 Å². The Morgan fingerprint density at radius 1 is 1.08 bits per heavy atom. The fraction of sp³-hybridized carbons (Fsp3) is 0.682. The Balaban J connectivity index is 1.74. The Labute approximate surface area is 155 Å². The number of carbonyl (C=O) groups is 3. The summed E-state index contributed by atoms with van der Waals surface area (Å²) in [7, 11) is 0. The summed E-state index contributed by atoms with van der Waals surface area (Å²) in [5, 5.41) is 0. The normalized spacial score (nSPS) is 38.9. The third kappa shape index (κ3) is 2.30. The van der Waals surface area contributed by atoms with E-state index in [1.807, 2.05) is 6.08 Å². The first-order valence-electron chi connectivity index (χ1n) is 9.95. The fourth-order valence-electron chi connectivity index (χ4n) is 6.59. The fourth-order valence-corrected chi connectivity index (χ4v) is 6.59. The van der Waals surface area contributed by atoms with Crippen molar-refractivity contribution >= 4 is 17.5 Å². The van der Waals surface area contributed by atoms with Gasteiger partial charge in [-0.05, 0) is 80.9 Å². The number of Topliss-reactive ketones (excluding diaryl/α,β-unsaturated/α-hetero) is 1. The molecule has 4 atom stereocenters. The third-order valence-electron chi connectivity index (χ3n) is 7.74. The van der Waals surface area contributed by atoms with Crippen molar-refractivity contribution in [2.45, 2.75) is 77.7 Å². The molecule has 4 rings (SSSR count).